The lowest BCUT2D eigenvalue weighted by atomic mass is 10.1. The van der Waals surface area contributed by atoms with E-state index < -0.39 is 23.8 Å². The number of methoxy groups -OCH3 is 1. The molecule has 2 amide bonds. The van der Waals surface area contributed by atoms with E-state index in [0.29, 0.717) is 0 Å². The highest BCUT2D eigenvalue weighted by molar-refractivity contribution is 6.35. The van der Waals surface area contributed by atoms with Crippen molar-refractivity contribution in [2.24, 2.45) is 0 Å². The van der Waals surface area contributed by atoms with Crippen molar-refractivity contribution < 1.29 is 29.0 Å². The number of anilines is 1. The molecule has 7 heteroatoms. The lowest BCUT2D eigenvalue weighted by Crippen LogP contribution is -2.31. The molecule has 1 aliphatic heterocycles. The molecule has 0 bridgehead atoms. The zero-order chi connectivity index (χ0) is 17.4. The molecule has 0 spiro atoms. The summed E-state index contributed by atoms with van der Waals surface area (Å²) in [6.45, 7) is 0. The Hall–Kier alpha value is -3.48. The Morgan fingerprint density at radius 3 is 2.33 bits per heavy atom. The second-order valence-corrected chi connectivity index (χ2v) is 5.02. The Bertz CT molecular complexity index is 902. The normalized spacial score (nSPS) is 13.0. The third-order valence-electron chi connectivity index (χ3n) is 3.68. The van der Waals surface area contributed by atoms with E-state index in [1.165, 1.54) is 31.4 Å². The number of carbonyl (C=O) groups excluding carboxylic acids is 3. The van der Waals surface area contributed by atoms with E-state index in [1.54, 1.807) is 12.1 Å². The summed E-state index contributed by atoms with van der Waals surface area (Å²) in [5.41, 5.74) is 0.127. The molecule has 1 heterocycles. The molecule has 0 atom stereocenters. The van der Waals surface area contributed by atoms with Gasteiger partial charge in [-0.15, -0.1) is 0 Å². The van der Waals surface area contributed by atoms with Crippen LogP contribution in [0.25, 0.3) is 0 Å². The number of rotatable bonds is 3. The fraction of sp³-hybridized carbons (Fsp3) is 0.0588. The molecule has 1 aliphatic rings. The van der Waals surface area contributed by atoms with Gasteiger partial charge in [-0.25, -0.2) is 14.5 Å². The van der Waals surface area contributed by atoms with Gasteiger partial charge in [0.1, 0.15) is 0 Å². The quantitative estimate of drug-likeness (QED) is 0.684. The first-order valence-electron chi connectivity index (χ1n) is 6.89. The molecule has 0 aromatic heterocycles. The van der Waals surface area contributed by atoms with Gasteiger partial charge in [0.25, 0.3) is 11.8 Å². The van der Waals surface area contributed by atoms with Crippen LogP contribution >= 0.6 is 0 Å². The molecule has 0 fully saturated rings. The Morgan fingerprint density at radius 2 is 1.67 bits per heavy atom. The van der Waals surface area contributed by atoms with Crippen LogP contribution in [0.15, 0.2) is 42.5 Å². The Morgan fingerprint density at radius 1 is 1.00 bits per heavy atom. The third-order valence-corrected chi connectivity index (χ3v) is 3.68. The lowest BCUT2D eigenvalue weighted by molar-refractivity contribution is 0.0600. The molecule has 1 N–H and O–H groups in total. The van der Waals surface area contributed by atoms with Gasteiger partial charge < -0.3 is 9.84 Å². The molecule has 24 heavy (non-hydrogen) atoms. The van der Waals surface area contributed by atoms with Crippen molar-refractivity contribution in [1.82, 2.24) is 0 Å². The highest BCUT2D eigenvalue weighted by Crippen LogP contribution is 2.31. The molecule has 0 aliphatic carbocycles. The van der Waals surface area contributed by atoms with Crippen LogP contribution in [0.4, 0.5) is 5.69 Å². The molecular weight excluding hydrogens is 314 g/mol. The van der Waals surface area contributed by atoms with Gasteiger partial charge in [-0.3, -0.25) is 9.59 Å². The Balaban J connectivity index is 2.13. The smallest absolute Gasteiger partial charge is 0.339 e. The topological polar surface area (TPSA) is 101 Å². The first kappa shape index (κ1) is 15.4. The number of aromatic carboxylic acids is 1. The van der Waals surface area contributed by atoms with E-state index in [2.05, 4.69) is 4.74 Å². The fourth-order valence-electron chi connectivity index (χ4n) is 2.54. The molecule has 7 nitrogen and oxygen atoms in total. The Kier molecular flexibility index (Phi) is 3.61. The van der Waals surface area contributed by atoms with Gasteiger partial charge in [0.2, 0.25) is 0 Å². The third kappa shape index (κ3) is 2.23. The number of amides is 2. The number of imide groups is 1. The summed E-state index contributed by atoms with van der Waals surface area (Å²) in [7, 11) is 1.20. The molecule has 0 unspecified atom stereocenters. The number of para-hydroxylation sites is 1. The van der Waals surface area contributed by atoms with Crippen LogP contribution in [0.5, 0.6) is 0 Å². The van der Waals surface area contributed by atoms with Crippen molar-refractivity contribution in [2.75, 3.05) is 12.0 Å². The maximum Gasteiger partial charge on any atom is 0.339 e. The maximum absolute atomic E-state index is 12.6. The van der Waals surface area contributed by atoms with Gasteiger partial charge >= 0.3 is 11.9 Å². The second kappa shape index (κ2) is 5.62. The second-order valence-electron chi connectivity index (χ2n) is 5.02. The van der Waals surface area contributed by atoms with Crippen molar-refractivity contribution in [1.29, 1.82) is 0 Å². The molecule has 0 saturated carbocycles. The summed E-state index contributed by atoms with van der Waals surface area (Å²) in [4.78, 5) is 48.9. The van der Waals surface area contributed by atoms with Gasteiger partial charge in [0.15, 0.2) is 0 Å². The van der Waals surface area contributed by atoms with Crippen LogP contribution in [-0.2, 0) is 4.74 Å². The van der Waals surface area contributed by atoms with E-state index in [4.69, 9.17) is 5.11 Å². The molecule has 2 aromatic carbocycles. The summed E-state index contributed by atoms with van der Waals surface area (Å²) in [5.74, 6) is -3.20. The highest BCUT2D eigenvalue weighted by Gasteiger charge is 2.38. The number of hydrogen-bond acceptors (Lipinski definition) is 5. The summed E-state index contributed by atoms with van der Waals surface area (Å²) >= 11 is 0. The number of carboxylic acid groups (broad SMARTS) is 1. The standard InChI is InChI=1S/C17H11NO6/c1-24-17(23)11-4-2-3-5-13(11)18-14(19)10-7-6-9(16(21)22)8-12(10)15(18)20/h2-8H,1H3,(H,21,22). The monoisotopic (exact) mass is 325 g/mol. The highest BCUT2D eigenvalue weighted by atomic mass is 16.5. The number of carboxylic acids is 1. The molecule has 2 aromatic rings. The lowest BCUT2D eigenvalue weighted by Gasteiger charge is -2.16. The zero-order valence-electron chi connectivity index (χ0n) is 12.5. The van der Waals surface area contributed by atoms with Crippen molar-refractivity contribution >= 4 is 29.4 Å². The number of benzene rings is 2. The average molecular weight is 325 g/mol. The van der Waals surface area contributed by atoms with E-state index in [1.807, 2.05) is 0 Å². The SMILES string of the molecule is COC(=O)c1ccccc1N1C(=O)c2ccc(C(=O)O)cc2C1=O. The molecular formula is C17H11NO6. The van der Waals surface area contributed by atoms with Gasteiger partial charge in [-0.05, 0) is 30.3 Å². The van der Waals surface area contributed by atoms with Crippen LogP contribution in [0.3, 0.4) is 0 Å². The molecule has 0 saturated heterocycles. The molecule has 3 rings (SSSR count). The number of nitrogens with zero attached hydrogens (tertiary/aromatic N) is 1. The first-order chi connectivity index (χ1) is 11.5. The summed E-state index contributed by atoms with van der Waals surface area (Å²) < 4.78 is 4.67. The minimum atomic E-state index is -1.20. The van der Waals surface area contributed by atoms with E-state index in [9.17, 15) is 19.2 Å². The minimum absolute atomic E-state index is 0.0143. The number of fused-ring (bicyclic) bond motifs is 1. The first-order valence-corrected chi connectivity index (χ1v) is 6.89. The van der Waals surface area contributed by atoms with Crippen LogP contribution in [0, 0.1) is 0 Å². The average Bonchev–Trinajstić information content (AvgIpc) is 2.84. The number of esters is 1. The van der Waals surface area contributed by atoms with Gasteiger partial charge in [-0.2, -0.15) is 0 Å². The van der Waals surface area contributed by atoms with E-state index in [0.717, 1.165) is 11.0 Å². The van der Waals surface area contributed by atoms with E-state index in [-0.39, 0.29) is 27.9 Å². The number of ether oxygens (including phenoxy) is 1. The van der Waals surface area contributed by atoms with Crippen molar-refractivity contribution in [3.8, 4) is 0 Å². The fourth-order valence-corrected chi connectivity index (χ4v) is 2.54. The largest absolute Gasteiger partial charge is 0.478 e. The Labute approximate surface area is 136 Å². The van der Waals surface area contributed by atoms with Crippen LogP contribution in [0.1, 0.15) is 41.4 Å². The predicted molar refractivity (Wildman–Crippen MR) is 82.3 cm³/mol. The summed E-state index contributed by atoms with van der Waals surface area (Å²) in [5, 5.41) is 9.03. The van der Waals surface area contributed by atoms with Gasteiger partial charge in [-0.1, -0.05) is 12.1 Å². The number of hydrogen-bond donors (Lipinski definition) is 1. The zero-order valence-corrected chi connectivity index (χ0v) is 12.5. The van der Waals surface area contributed by atoms with E-state index >= 15 is 0 Å². The van der Waals surface area contributed by atoms with Gasteiger partial charge in [0, 0.05) is 0 Å². The summed E-state index contributed by atoms with van der Waals surface area (Å²) in [6, 6.07) is 9.74. The number of carbonyl (C=O) groups is 4. The molecule has 0 radical (unpaired) electrons. The maximum atomic E-state index is 12.6. The van der Waals surface area contributed by atoms with Crippen LogP contribution < -0.4 is 4.90 Å². The predicted octanol–water partition coefficient (Wildman–Crippen LogP) is 1.97. The minimum Gasteiger partial charge on any atom is -0.478 e. The molecule has 120 valence electrons. The van der Waals surface area contributed by atoms with Crippen LogP contribution in [-0.4, -0.2) is 36.0 Å². The van der Waals surface area contributed by atoms with Crippen molar-refractivity contribution in [3.63, 3.8) is 0 Å². The van der Waals surface area contributed by atoms with Gasteiger partial charge in [0.05, 0.1) is 35.1 Å². The van der Waals surface area contributed by atoms with Crippen molar-refractivity contribution in [2.45, 2.75) is 0 Å². The van der Waals surface area contributed by atoms with Crippen LogP contribution in [0.2, 0.25) is 0 Å². The van der Waals surface area contributed by atoms with Crippen molar-refractivity contribution in [3.05, 3.63) is 64.7 Å². The summed E-state index contributed by atoms with van der Waals surface area (Å²) in [6.07, 6.45) is 0.